The highest BCUT2D eigenvalue weighted by atomic mass is 16.7. The Bertz CT molecular complexity index is 235. The second-order valence-electron chi connectivity index (χ2n) is 6.76. The Kier molecular flexibility index (Phi) is 10.3. The van der Waals surface area contributed by atoms with Gasteiger partial charge in [-0.15, -0.1) is 0 Å². The number of hydrogen-bond acceptors (Lipinski definition) is 3. The highest BCUT2D eigenvalue weighted by Crippen LogP contribution is 2.33. The summed E-state index contributed by atoms with van der Waals surface area (Å²) in [5.74, 6) is 0.689. The zero-order valence-electron chi connectivity index (χ0n) is 14.5. The molecule has 0 aromatic carbocycles. The van der Waals surface area contributed by atoms with Crippen LogP contribution in [0.3, 0.4) is 0 Å². The summed E-state index contributed by atoms with van der Waals surface area (Å²) in [4.78, 5) is 0. The van der Waals surface area contributed by atoms with Crippen molar-refractivity contribution in [1.82, 2.24) is 0 Å². The molecule has 1 aliphatic rings. The van der Waals surface area contributed by atoms with E-state index in [1.54, 1.807) is 7.11 Å². The molecule has 0 saturated carbocycles. The molecule has 0 radical (unpaired) electrons. The molecule has 1 aliphatic heterocycles. The molecule has 21 heavy (non-hydrogen) atoms. The maximum atomic E-state index is 6.19. The van der Waals surface area contributed by atoms with E-state index in [0.717, 1.165) is 19.4 Å². The van der Waals surface area contributed by atoms with Crippen LogP contribution in [0.25, 0.3) is 0 Å². The predicted octanol–water partition coefficient (Wildman–Crippen LogP) is 4.93. The van der Waals surface area contributed by atoms with E-state index in [-0.39, 0.29) is 5.60 Å². The van der Waals surface area contributed by atoms with Crippen LogP contribution in [-0.2, 0) is 14.2 Å². The van der Waals surface area contributed by atoms with Gasteiger partial charge in [-0.3, -0.25) is 0 Å². The lowest BCUT2D eigenvalue weighted by Gasteiger charge is -2.39. The fourth-order valence-corrected chi connectivity index (χ4v) is 3.08. The molecule has 1 rings (SSSR count). The Hall–Kier alpha value is -0.120. The summed E-state index contributed by atoms with van der Waals surface area (Å²) < 4.78 is 16.8. The van der Waals surface area contributed by atoms with Gasteiger partial charge in [0, 0.05) is 13.7 Å². The van der Waals surface area contributed by atoms with E-state index in [4.69, 9.17) is 14.2 Å². The molecule has 3 nitrogen and oxygen atoms in total. The van der Waals surface area contributed by atoms with Crippen molar-refractivity contribution in [3.63, 3.8) is 0 Å². The molecule has 0 unspecified atom stereocenters. The zero-order valence-corrected chi connectivity index (χ0v) is 14.5. The van der Waals surface area contributed by atoms with Crippen molar-refractivity contribution >= 4 is 0 Å². The average molecular weight is 300 g/mol. The Balaban J connectivity index is 2.22. The molecule has 3 heteroatoms. The molecule has 126 valence electrons. The van der Waals surface area contributed by atoms with Crippen LogP contribution in [0.15, 0.2) is 0 Å². The first kappa shape index (κ1) is 18.9. The van der Waals surface area contributed by atoms with Gasteiger partial charge in [0.15, 0.2) is 0 Å². The number of unbranched alkanes of at least 4 members (excludes halogenated alkanes) is 6. The van der Waals surface area contributed by atoms with Crippen molar-refractivity contribution in [3.8, 4) is 0 Å². The lowest BCUT2D eigenvalue weighted by Crippen LogP contribution is -2.43. The minimum absolute atomic E-state index is 0.0472. The van der Waals surface area contributed by atoms with Gasteiger partial charge in [0.25, 0.3) is 0 Å². The summed E-state index contributed by atoms with van der Waals surface area (Å²) in [6, 6.07) is 0. The maximum absolute atomic E-state index is 6.19. The van der Waals surface area contributed by atoms with Crippen LogP contribution in [-0.4, -0.2) is 32.7 Å². The van der Waals surface area contributed by atoms with Gasteiger partial charge in [0.05, 0.1) is 12.2 Å². The average Bonchev–Trinajstić information content (AvgIpc) is 2.50. The first-order chi connectivity index (χ1) is 10.2. The maximum Gasteiger partial charge on any atom is 0.146 e. The molecule has 0 amide bonds. The lowest BCUT2D eigenvalue weighted by molar-refractivity contribution is -0.162. The van der Waals surface area contributed by atoms with Crippen molar-refractivity contribution in [3.05, 3.63) is 0 Å². The number of rotatable bonds is 12. The molecule has 2 atom stereocenters. The van der Waals surface area contributed by atoms with E-state index in [9.17, 15) is 0 Å². The van der Waals surface area contributed by atoms with Gasteiger partial charge in [0.2, 0.25) is 0 Å². The van der Waals surface area contributed by atoms with E-state index >= 15 is 0 Å². The Morgan fingerprint density at radius 1 is 1.10 bits per heavy atom. The van der Waals surface area contributed by atoms with Crippen molar-refractivity contribution in [1.29, 1.82) is 0 Å². The number of ether oxygens (including phenoxy) is 3. The molecule has 0 spiro atoms. The van der Waals surface area contributed by atoms with Crippen LogP contribution >= 0.6 is 0 Å². The van der Waals surface area contributed by atoms with Gasteiger partial charge in [-0.1, -0.05) is 58.8 Å². The summed E-state index contributed by atoms with van der Waals surface area (Å²) in [6.45, 7) is 6.48. The third kappa shape index (κ3) is 8.18. The topological polar surface area (TPSA) is 27.7 Å². The van der Waals surface area contributed by atoms with Gasteiger partial charge in [-0.25, -0.2) is 0 Å². The summed E-state index contributed by atoms with van der Waals surface area (Å²) in [7, 11) is 1.67. The van der Waals surface area contributed by atoms with Gasteiger partial charge in [-0.2, -0.15) is 0 Å². The van der Waals surface area contributed by atoms with E-state index in [1.807, 2.05) is 0 Å². The van der Waals surface area contributed by atoms with Gasteiger partial charge in [-0.05, 0) is 25.2 Å². The fraction of sp³-hybridized carbons (Fsp3) is 1.00. The van der Waals surface area contributed by atoms with Crippen molar-refractivity contribution < 1.29 is 14.2 Å². The van der Waals surface area contributed by atoms with E-state index in [0.29, 0.717) is 19.3 Å². The molecular weight excluding hydrogens is 264 g/mol. The van der Waals surface area contributed by atoms with E-state index < -0.39 is 0 Å². The SMILES string of the molecule is CCCCCCCCC[C@@]1(COCOC)CC[C@@H](C)CO1. The smallest absolute Gasteiger partial charge is 0.146 e. The first-order valence-corrected chi connectivity index (χ1v) is 8.93. The van der Waals surface area contributed by atoms with Crippen LogP contribution < -0.4 is 0 Å². The third-order valence-electron chi connectivity index (χ3n) is 4.57. The zero-order chi connectivity index (χ0) is 15.4. The molecule has 0 N–H and O–H groups in total. The molecule has 0 aromatic heterocycles. The first-order valence-electron chi connectivity index (χ1n) is 8.93. The Morgan fingerprint density at radius 2 is 1.81 bits per heavy atom. The summed E-state index contributed by atoms with van der Waals surface area (Å²) in [6.07, 6.45) is 13.0. The van der Waals surface area contributed by atoms with E-state index in [2.05, 4.69) is 13.8 Å². The van der Waals surface area contributed by atoms with Crippen molar-refractivity contribution in [2.24, 2.45) is 5.92 Å². The second-order valence-corrected chi connectivity index (χ2v) is 6.76. The minimum Gasteiger partial charge on any atom is -0.372 e. The number of hydrogen-bond donors (Lipinski definition) is 0. The van der Waals surface area contributed by atoms with Crippen LogP contribution in [0.4, 0.5) is 0 Å². The highest BCUT2D eigenvalue weighted by Gasteiger charge is 2.35. The summed E-state index contributed by atoms with van der Waals surface area (Å²) >= 11 is 0. The lowest BCUT2D eigenvalue weighted by atomic mass is 9.86. The second kappa shape index (κ2) is 11.4. The normalized spacial score (nSPS) is 26.1. The molecular formula is C18H36O3. The molecule has 0 aliphatic carbocycles. The summed E-state index contributed by atoms with van der Waals surface area (Å²) in [5.41, 5.74) is -0.0472. The number of methoxy groups -OCH3 is 1. The van der Waals surface area contributed by atoms with Crippen LogP contribution in [0.2, 0.25) is 0 Å². The molecule has 1 heterocycles. The van der Waals surface area contributed by atoms with Gasteiger partial charge in [0.1, 0.15) is 6.79 Å². The van der Waals surface area contributed by atoms with Crippen molar-refractivity contribution in [2.45, 2.75) is 83.7 Å². The largest absolute Gasteiger partial charge is 0.372 e. The van der Waals surface area contributed by atoms with Gasteiger partial charge < -0.3 is 14.2 Å². The molecule has 1 fully saturated rings. The van der Waals surface area contributed by atoms with Gasteiger partial charge >= 0.3 is 0 Å². The molecule has 0 bridgehead atoms. The Morgan fingerprint density at radius 3 is 2.43 bits per heavy atom. The minimum atomic E-state index is -0.0472. The van der Waals surface area contributed by atoms with Crippen LogP contribution in [0.1, 0.15) is 78.1 Å². The summed E-state index contributed by atoms with van der Waals surface area (Å²) in [5, 5.41) is 0. The Labute approximate surface area is 131 Å². The predicted molar refractivity (Wildman–Crippen MR) is 87.5 cm³/mol. The monoisotopic (exact) mass is 300 g/mol. The van der Waals surface area contributed by atoms with E-state index in [1.165, 1.54) is 51.4 Å². The molecule has 0 aromatic rings. The van der Waals surface area contributed by atoms with Crippen molar-refractivity contribution in [2.75, 3.05) is 27.1 Å². The quantitative estimate of drug-likeness (QED) is 0.378. The van der Waals surface area contributed by atoms with Crippen LogP contribution in [0, 0.1) is 5.92 Å². The van der Waals surface area contributed by atoms with Crippen LogP contribution in [0.5, 0.6) is 0 Å². The fourth-order valence-electron chi connectivity index (χ4n) is 3.08. The third-order valence-corrected chi connectivity index (χ3v) is 4.57. The molecule has 1 saturated heterocycles. The highest BCUT2D eigenvalue weighted by molar-refractivity contribution is 4.85. The standard InChI is InChI=1S/C18H36O3/c1-4-5-6-7-8-9-10-12-18(15-20-16-19-3)13-11-17(2)14-21-18/h17H,4-16H2,1-3H3/t17-,18+/m1/s1.